The van der Waals surface area contributed by atoms with E-state index in [-0.39, 0.29) is 36.5 Å². The van der Waals surface area contributed by atoms with Crippen molar-refractivity contribution in [3.63, 3.8) is 0 Å². The van der Waals surface area contributed by atoms with Gasteiger partial charge < -0.3 is 14.2 Å². The van der Waals surface area contributed by atoms with E-state index in [1.54, 1.807) is 0 Å². The van der Waals surface area contributed by atoms with Crippen molar-refractivity contribution in [3.8, 4) is 0 Å². The summed E-state index contributed by atoms with van der Waals surface area (Å²) in [6.45, 7) is 15.1. The van der Waals surface area contributed by atoms with Gasteiger partial charge in [-0.2, -0.15) is 0 Å². The van der Waals surface area contributed by atoms with Gasteiger partial charge >= 0.3 is 11.9 Å². The molecule has 6 heteroatoms. The van der Waals surface area contributed by atoms with Gasteiger partial charge in [0.25, 0.3) is 0 Å². The maximum absolute atomic E-state index is 12.6. The number of ether oxygens (including phenoxy) is 3. The van der Waals surface area contributed by atoms with Crippen LogP contribution in [-0.4, -0.2) is 30.8 Å². The lowest BCUT2D eigenvalue weighted by Gasteiger charge is -2.45. The first-order valence-corrected chi connectivity index (χ1v) is 11.3. The number of carbonyl (C=O) groups excluding carboxylic acids is 2. The third-order valence-corrected chi connectivity index (χ3v) is 6.09. The minimum atomic E-state index is -0.627. The molecule has 1 saturated heterocycles. The zero-order valence-electron chi connectivity index (χ0n) is 19.3. The highest BCUT2D eigenvalue weighted by molar-refractivity contribution is 9.10. The quantitative estimate of drug-likeness (QED) is 0.514. The Bertz CT molecular complexity index is 744. The number of rotatable bonds is 4. The van der Waals surface area contributed by atoms with Crippen LogP contribution < -0.4 is 0 Å². The molecule has 0 unspecified atom stereocenters. The van der Waals surface area contributed by atoms with Crippen LogP contribution in [0.1, 0.15) is 67.1 Å². The molecule has 0 amide bonds. The Labute approximate surface area is 189 Å². The molecule has 1 aromatic carbocycles. The Balaban J connectivity index is 2.28. The first-order valence-electron chi connectivity index (χ1n) is 10.5. The molecule has 0 radical (unpaired) electrons. The predicted octanol–water partition coefficient (Wildman–Crippen LogP) is 5.71. The zero-order chi connectivity index (χ0) is 22.9. The first-order chi connectivity index (χ1) is 13.7. The van der Waals surface area contributed by atoms with Gasteiger partial charge in [-0.1, -0.05) is 41.9 Å². The fraction of sp³-hybridized carbons (Fsp3) is 0.667. The molecular formula is C24H35BrO5. The van der Waals surface area contributed by atoms with Crippen molar-refractivity contribution in [2.45, 2.75) is 73.7 Å². The highest BCUT2D eigenvalue weighted by Crippen LogP contribution is 2.42. The fourth-order valence-electron chi connectivity index (χ4n) is 3.33. The Morgan fingerprint density at radius 2 is 1.47 bits per heavy atom. The average Bonchev–Trinajstić information content (AvgIpc) is 2.63. The van der Waals surface area contributed by atoms with Gasteiger partial charge in [0, 0.05) is 10.4 Å². The topological polar surface area (TPSA) is 61.8 Å². The maximum Gasteiger partial charge on any atom is 0.311 e. The lowest BCUT2D eigenvalue weighted by atomic mass is 9.79. The number of benzene rings is 1. The van der Waals surface area contributed by atoms with E-state index in [0.717, 1.165) is 10.0 Å². The van der Waals surface area contributed by atoms with E-state index in [9.17, 15) is 9.59 Å². The normalized spacial score (nSPS) is 27.4. The Morgan fingerprint density at radius 3 is 1.97 bits per heavy atom. The second kappa shape index (κ2) is 9.39. The van der Waals surface area contributed by atoms with Gasteiger partial charge in [0.05, 0.1) is 16.9 Å². The van der Waals surface area contributed by atoms with Gasteiger partial charge in [0.15, 0.2) is 0 Å². The minimum Gasteiger partial charge on any atom is -0.462 e. The van der Waals surface area contributed by atoms with Gasteiger partial charge in [-0.05, 0) is 65.2 Å². The van der Waals surface area contributed by atoms with E-state index in [2.05, 4.69) is 29.8 Å². The molecule has 1 aromatic rings. The van der Waals surface area contributed by atoms with Gasteiger partial charge in [0.1, 0.15) is 18.8 Å². The summed E-state index contributed by atoms with van der Waals surface area (Å²) in [6, 6.07) is 8.02. The number of hydrogen-bond acceptors (Lipinski definition) is 5. The molecule has 168 valence electrons. The summed E-state index contributed by atoms with van der Waals surface area (Å²) < 4.78 is 18.9. The number of esters is 2. The Hall–Kier alpha value is -1.40. The van der Waals surface area contributed by atoms with Crippen molar-refractivity contribution < 1.29 is 23.8 Å². The molecule has 5 nitrogen and oxygen atoms in total. The van der Waals surface area contributed by atoms with Gasteiger partial charge in [0.2, 0.25) is 0 Å². The summed E-state index contributed by atoms with van der Waals surface area (Å²) in [5.74, 6) is -0.460. The van der Waals surface area contributed by atoms with Crippen molar-refractivity contribution in [3.05, 3.63) is 34.3 Å². The van der Waals surface area contributed by atoms with Crippen LogP contribution in [0.2, 0.25) is 0 Å². The van der Waals surface area contributed by atoms with E-state index in [0.29, 0.717) is 0 Å². The molecule has 0 spiro atoms. The summed E-state index contributed by atoms with van der Waals surface area (Å²) in [4.78, 5) is 25.0. The van der Waals surface area contributed by atoms with E-state index >= 15 is 0 Å². The van der Waals surface area contributed by atoms with Crippen LogP contribution in [0.3, 0.4) is 0 Å². The van der Waals surface area contributed by atoms with E-state index in [1.165, 1.54) is 0 Å². The average molecular weight is 483 g/mol. The van der Waals surface area contributed by atoms with Crippen molar-refractivity contribution in [2.75, 3.05) is 6.61 Å². The van der Waals surface area contributed by atoms with Crippen LogP contribution in [0.15, 0.2) is 28.7 Å². The molecule has 0 bridgehead atoms. The molecule has 1 aliphatic rings. The lowest BCUT2D eigenvalue weighted by molar-refractivity contribution is -0.214. The number of halogens is 1. The summed E-state index contributed by atoms with van der Waals surface area (Å²) in [5.41, 5.74) is -0.195. The summed E-state index contributed by atoms with van der Waals surface area (Å²) in [7, 11) is 0. The standard InChI is InChI=1S/C24H35BrO5/c1-14-15(2)20(30-22(27)24(6,7)8)18(13-28-21(26)23(3,4)5)29-19(14)16-9-11-17(25)12-10-16/h9-12,14-15,18-20H,13H2,1-8H3/t14-,15+,18+,19-,20-/m0/s1. The third kappa shape index (κ3) is 6.07. The molecule has 1 fully saturated rings. The molecule has 0 N–H and O–H groups in total. The molecule has 1 heterocycles. The first kappa shape index (κ1) is 24.9. The van der Waals surface area contributed by atoms with Crippen molar-refractivity contribution in [1.82, 2.24) is 0 Å². The lowest BCUT2D eigenvalue weighted by Crippen LogP contribution is -2.51. The largest absolute Gasteiger partial charge is 0.462 e. The smallest absolute Gasteiger partial charge is 0.311 e. The maximum atomic E-state index is 12.6. The highest BCUT2D eigenvalue weighted by Gasteiger charge is 2.46. The SMILES string of the molecule is C[C@@H]1[C@H](C)[C@@H](c2ccc(Br)cc2)O[C@H](COC(=O)C(C)(C)C)[C@H]1OC(=O)C(C)(C)C. The van der Waals surface area contributed by atoms with Crippen LogP contribution in [0, 0.1) is 22.7 Å². The molecule has 2 rings (SSSR count). The molecule has 1 aliphatic heterocycles. The Kier molecular flexibility index (Phi) is 7.78. The van der Waals surface area contributed by atoms with E-state index in [1.807, 2.05) is 65.8 Å². The molecule has 5 atom stereocenters. The number of hydrogen-bond donors (Lipinski definition) is 0. The van der Waals surface area contributed by atoms with Crippen LogP contribution in [0.5, 0.6) is 0 Å². The second-order valence-corrected chi connectivity index (χ2v) is 11.2. The minimum absolute atomic E-state index is 0.0250. The Morgan fingerprint density at radius 1 is 0.933 bits per heavy atom. The molecule has 0 saturated carbocycles. The van der Waals surface area contributed by atoms with Crippen molar-refractivity contribution in [2.24, 2.45) is 22.7 Å². The fourth-order valence-corrected chi connectivity index (χ4v) is 3.59. The van der Waals surface area contributed by atoms with Crippen molar-refractivity contribution >= 4 is 27.9 Å². The van der Waals surface area contributed by atoms with Crippen LogP contribution in [0.4, 0.5) is 0 Å². The van der Waals surface area contributed by atoms with Crippen LogP contribution >= 0.6 is 15.9 Å². The number of carbonyl (C=O) groups is 2. The molecule has 0 aromatic heterocycles. The van der Waals surface area contributed by atoms with Gasteiger partial charge in [-0.15, -0.1) is 0 Å². The zero-order valence-corrected chi connectivity index (χ0v) is 20.9. The van der Waals surface area contributed by atoms with Gasteiger partial charge in [-0.3, -0.25) is 9.59 Å². The molecule has 0 aliphatic carbocycles. The van der Waals surface area contributed by atoms with E-state index < -0.39 is 23.0 Å². The van der Waals surface area contributed by atoms with E-state index in [4.69, 9.17) is 14.2 Å². The van der Waals surface area contributed by atoms with Gasteiger partial charge in [-0.25, -0.2) is 0 Å². The third-order valence-electron chi connectivity index (χ3n) is 5.56. The second-order valence-electron chi connectivity index (χ2n) is 10.3. The van der Waals surface area contributed by atoms with Crippen LogP contribution in [0.25, 0.3) is 0 Å². The predicted molar refractivity (Wildman–Crippen MR) is 120 cm³/mol. The molecular weight excluding hydrogens is 448 g/mol. The van der Waals surface area contributed by atoms with Crippen LogP contribution in [-0.2, 0) is 23.8 Å². The monoisotopic (exact) mass is 482 g/mol. The highest BCUT2D eigenvalue weighted by atomic mass is 79.9. The van der Waals surface area contributed by atoms with Crippen molar-refractivity contribution in [1.29, 1.82) is 0 Å². The molecule has 30 heavy (non-hydrogen) atoms. The summed E-state index contributed by atoms with van der Waals surface area (Å²) >= 11 is 3.47. The summed E-state index contributed by atoms with van der Waals surface area (Å²) in [5, 5.41) is 0. The summed E-state index contributed by atoms with van der Waals surface area (Å²) in [6.07, 6.45) is -1.22.